The van der Waals surface area contributed by atoms with E-state index in [0.29, 0.717) is 4.90 Å². The van der Waals surface area contributed by atoms with Gasteiger partial charge in [-0.05, 0) is 35.4 Å². The van der Waals surface area contributed by atoms with Gasteiger partial charge in [0.05, 0.1) is 0 Å². The van der Waals surface area contributed by atoms with Crippen LogP contribution < -0.4 is 0 Å². The fourth-order valence-electron chi connectivity index (χ4n) is 0.773. The highest BCUT2D eigenvalue weighted by Gasteiger charge is 2.10. The topological polar surface area (TPSA) is 23.1 Å². The minimum absolute atomic E-state index is 0.121. The van der Waals surface area contributed by atoms with Gasteiger partial charge in [0.15, 0.2) is 4.90 Å². The molecule has 0 saturated heterocycles. The molecular weight excluding hydrogens is 182 g/mol. The summed E-state index contributed by atoms with van der Waals surface area (Å²) in [5.41, 5.74) is -0.121. The fourth-order valence-corrected chi connectivity index (χ4v) is 1.29. The van der Waals surface area contributed by atoms with E-state index in [1.54, 1.807) is 0 Å². The molecule has 12 heavy (non-hydrogen) atoms. The highest BCUT2D eigenvalue weighted by Crippen LogP contribution is 2.19. The molecule has 1 atom stereocenters. The lowest BCUT2D eigenvalue weighted by Gasteiger charge is -2.03. The van der Waals surface area contributed by atoms with Crippen LogP contribution in [0.2, 0.25) is 0 Å². The third-order valence-electron chi connectivity index (χ3n) is 1.40. The van der Waals surface area contributed by atoms with Crippen LogP contribution in [0.4, 0.5) is 8.78 Å². The maximum Gasteiger partial charge on any atom is 0.339 e. The van der Waals surface area contributed by atoms with Crippen molar-refractivity contribution in [2.75, 3.05) is 6.26 Å². The van der Waals surface area contributed by atoms with E-state index in [1.807, 2.05) is 0 Å². The first-order chi connectivity index (χ1) is 5.61. The lowest BCUT2D eigenvalue weighted by Crippen LogP contribution is -1.97. The Morgan fingerprint density at radius 1 is 1.25 bits per heavy atom. The zero-order valence-corrected chi connectivity index (χ0v) is 7.20. The van der Waals surface area contributed by atoms with Crippen molar-refractivity contribution in [3.05, 3.63) is 36.3 Å². The molecule has 1 aromatic rings. The summed E-state index contributed by atoms with van der Waals surface area (Å²) in [5.74, 6) is 0. The highest BCUT2D eigenvalue weighted by molar-refractivity contribution is 7.90. The number of halogens is 2. The maximum atomic E-state index is 11.9. The van der Waals surface area contributed by atoms with Gasteiger partial charge in [0.1, 0.15) is 6.26 Å². The predicted molar refractivity (Wildman–Crippen MR) is 43.3 cm³/mol. The fraction of sp³-hybridized carbons (Fsp3) is 0.125. The van der Waals surface area contributed by atoms with Crippen molar-refractivity contribution in [1.82, 2.24) is 0 Å². The van der Waals surface area contributed by atoms with E-state index in [1.165, 1.54) is 30.5 Å². The van der Waals surface area contributed by atoms with Crippen LogP contribution in [0.25, 0.3) is 0 Å². The Bertz CT molecular complexity index is 219. The largest absolute Gasteiger partial charge is 0.612 e. The van der Waals surface area contributed by atoms with E-state index in [-0.39, 0.29) is 5.56 Å². The van der Waals surface area contributed by atoms with Gasteiger partial charge < -0.3 is 4.55 Å². The number of benzene rings is 1. The van der Waals surface area contributed by atoms with Gasteiger partial charge in [-0.25, -0.2) is 0 Å². The Hall–Kier alpha value is -0.610. The maximum absolute atomic E-state index is 11.9. The summed E-state index contributed by atoms with van der Waals surface area (Å²) in [6.45, 7) is 0. The average Bonchev–Trinajstić information content (AvgIpc) is 2.04. The summed E-state index contributed by atoms with van der Waals surface area (Å²) in [4.78, 5) is 0.556. The van der Waals surface area contributed by atoms with Crippen molar-refractivity contribution in [3.8, 4) is 0 Å². The Morgan fingerprint density at radius 2 is 1.75 bits per heavy atom. The molecule has 0 bridgehead atoms. The molecule has 1 aromatic carbocycles. The van der Waals surface area contributed by atoms with Crippen LogP contribution in [0.5, 0.6) is 0 Å². The van der Waals surface area contributed by atoms with Crippen molar-refractivity contribution in [3.63, 3.8) is 0 Å². The van der Waals surface area contributed by atoms with Gasteiger partial charge in [-0.15, -0.1) is 0 Å². The first-order valence-electron chi connectivity index (χ1n) is 3.23. The summed E-state index contributed by atoms with van der Waals surface area (Å²) in [6, 6.07) is 5.38. The van der Waals surface area contributed by atoms with E-state index < -0.39 is 17.6 Å². The molecule has 0 N–H and O–H groups in total. The van der Waals surface area contributed by atoms with Crippen LogP contribution in [0, 0.1) is 6.43 Å². The molecule has 0 fully saturated rings. The summed E-state index contributed by atoms with van der Waals surface area (Å²) >= 11 is -1.10. The van der Waals surface area contributed by atoms with E-state index in [2.05, 4.69) is 0 Å². The Morgan fingerprint density at radius 3 is 2.08 bits per heavy atom. The third kappa shape index (κ3) is 2.19. The van der Waals surface area contributed by atoms with Crippen LogP contribution in [0.1, 0.15) is 5.56 Å². The number of hydrogen-bond donors (Lipinski definition) is 0. The predicted octanol–water partition coefficient (Wildman–Crippen LogP) is 2.20. The van der Waals surface area contributed by atoms with Crippen LogP contribution in [0.15, 0.2) is 29.2 Å². The standard InChI is InChI=1S/C8H7F2OS/c1-12(11)7-4-2-6(3-5-7)8(9)10/h2-5H,1H3. The molecule has 0 aromatic heterocycles. The summed E-state index contributed by atoms with van der Waals surface area (Å²) in [5, 5.41) is 0. The lowest BCUT2D eigenvalue weighted by molar-refractivity contribution is 0.324. The number of rotatable bonds is 2. The highest BCUT2D eigenvalue weighted by atomic mass is 32.2. The van der Waals surface area contributed by atoms with Gasteiger partial charge >= 0.3 is 6.43 Å². The average molecular weight is 189 g/mol. The molecule has 1 nitrogen and oxygen atoms in total. The Labute approximate surface area is 72.6 Å². The first kappa shape index (κ1) is 9.48. The molecular formula is C8H7F2OS. The van der Waals surface area contributed by atoms with Crippen LogP contribution in [-0.4, -0.2) is 10.8 Å². The molecule has 0 aliphatic carbocycles. The molecule has 0 saturated carbocycles. The zero-order valence-electron chi connectivity index (χ0n) is 6.38. The third-order valence-corrected chi connectivity index (χ3v) is 2.34. The summed E-state index contributed by atoms with van der Waals surface area (Å²) < 4.78 is 34.7. The molecule has 0 spiro atoms. The van der Waals surface area contributed by atoms with Gasteiger partial charge in [0.2, 0.25) is 0 Å². The lowest BCUT2D eigenvalue weighted by atomic mass is 10.2. The molecule has 0 amide bonds. The van der Waals surface area contributed by atoms with Crippen LogP contribution in [-0.2, 0) is 11.2 Å². The Kier molecular flexibility index (Phi) is 3.05. The van der Waals surface area contributed by atoms with Crippen molar-refractivity contribution in [2.45, 2.75) is 4.90 Å². The second-order valence-electron chi connectivity index (χ2n) is 2.24. The minimum Gasteiger partial charge on any atom is -0.612 e. The molecule has 65 valence electrons. The second-order valence-corrected chi connectivity index (χ2v) is 3.62. The molecule has 1 unspecified atom stereocenters. The van der Waals surface area contributed by atoms with Crippen molar-refractivity contribution >= 4 is 11.2 Å². The van der Waals surface area contributed by atoms with E-state index >= 15 is 0 Å². The first-order valence-corrected chi connectivity index (χ1v) is 4.79. The summed E-state index contributed by atoms with van der Waals surface area (Å²) in [6.07, 6.45) is -0.215. The quantitative estimate of drug-likeness (QED) is 0.654. The molecule has 0 heterocycles. The molecule has 1 radical (unpaired) electrons. The van der Waals surface area contributed by atoms with Gasteiger partial charge in [0, 0.05) is 5.56 Å². The van der Waals surface area contributed by atoms with Gasteiger partial charge in [-0.1, -0.05) is 0 Å². The molecule has 1 rings (SSSR count). The van der Waals surface area contributed by atoms with Crippen LogP contribution >= 0.6 is 0 Å². The van der Waals surface area contributed by atoms with Crippen molar-refractivity contribution in [2.24, 2.45) is 0 Å². The molecule has 0 aliphatic rings. The van der Waals surface area contributed by atoms with Gasteiger partial charge in [-0.2, -0.15) is 8.78 Å². The molecule has 0 aliphatic heterocycles. The van der Waals surface area contributed by atoms with Crippen LogP contribution in [0.3, 0.4) is 0 Å². The summed E-state index contributed by atoms with van der Waals surface area (Å²) in [7, 11) is 0. The van der Waals surface area contributed by atoms with Crippen molar-refractivity contribution in [1.29, 1.82) is 0 Å². The second kappa shape index (κ2) is 3.87. The van der Waals surface area contributed by atoms with E-state index in [4.69, 9.17) is 0 Å². The Balaban J connectivity index is 2.86. The van der Waals surface area contributed by atoms with Gasteiger partial charge in [0.25, 0.3) is 0 Å². The van der Waals surface area contributed by atoms with Gasteiger partial charge in [-0.3, -0.25) is 0 Å². The minimum atomic E-state index is -1.72. The monoisotopic (exact) mass is 189 g/mol. The van der Waals surface area contributed by atoms with Crippen molar-refractivity contribution < 1.29 is 13.3 Å². The smallest absolute Gasteiger partial charge is 0.339 e. The number of hydrogen-bond acceptors (Lipinski definition) is 1. The zero-order chi connectivity index (χ0) is 9.14. The van der Waals surface area contributed by atoms with E-state index in [9.17, 15) is 13.3 Å². The molecule has 4 heteroatoms. The van der Waals surface area contributed by atoms with E-state index in [0.717, 1.165) is 0 Å². The SMILES string of the molecule is C[S+]([O-])c1ccc([C](F)F)cc1. The normalized spacial score (nSPS) is 13.4.